The van der Waals surface area contributed by atoms with Crippen LogP contribution in [0.3, 0.4) is 0 Å². The smallest absolute Gasteiger partial charge is 0.326 e. The van der Waals surface area contributed by atoms with Crippen molar-refractivity contribution in [1.82, 2.24) is 25.9 Å². The lowest BCUT2D eigenvalue weighted by atomic mass is 10.0. The highest BCUT2D eigenvalue weighted by molar-refractivity contribution is 5.94. The second-order valence-corrected chi connectivity index (χ2v) is 10.3. The number of unbranched alkanes of at least 4 members (excludes halogenated alkanes) is 1. The monoisotopic (exact) mass is 593 g/mol. The van der Waals surface area contributed by atoms with E-state index < -0.39 is 47.9 Å². The minimum atomic E-state index is -1.25. The number of aliphatic carboxylic acids is 1. The van der Waals surface area contributed by atoms with Gasteiger partial charge in [-0.2, -0.15) is 0 Å². The Balaban J connectivity index is 1.78. The van der Waals surface area contributed by atoms with Gasteiger partial charge in [0.1, 0.15) is 23.9 Å². The van der Waals surface area contributed by atoms with Crippen LogP contribution in [0.4, 0.5) is 0 Å². The summed E-state index contributed by atoms with van der Waals surface area (Å²) >= 11 is 0. The van der Waals surface area contributed by atoms with Gasteiger partial charge in [-0.25, -0.2) is 9.78 Å². The fraction of sp³-hybridized carbons (Fsp3) is 0.367. The molecule has 13 nitrogen and oxygen atoms in total. The van der Waals surface area contributed by atoms with E-state index in [-0.39, 0.29) is 31.4 Å². The van der Waals surface area contributed by atoms with Crippen molar-refractivity contribution in [2.45, 2.75) is 62.7 Å². The predicted molar refractivity (Wildman–Crippen MR) is 159 cm³/mol. The molecule has 13 heteroatoms. The molecule has 4 atom stereocenters. The maximum absolute atomic E-state index is 13.5. The Hall–Kier alpha value is -4.75. The lowest BCUT2D eigenvalue weighted by Crippen LogP contribution is -2.58. The molecule has 0 saturated carbocycles. The Morgan fingerprint density at radius 2 is 1.40 bits per heavy atom. The lowest BCUT2D eigenvalue weighted by molar-refractivity contribution is -0.142. The number of rotatable bonds is 17. The van der Waals surface area contributed by atoms with Crippen LogP contribution in [-0.2, 0) is 38.4 Å². The number of H-pyrrole nitrogens is 1. The minimum Gasteiger partial charge on any atom is -0.508 e. The predicted octanol–water partition coefficient (Wildman–Crippen LogP) is 0.139. The van der Waals surface area contributed by atoms with Gasteiger partial charge in [-0.15, -0.1) is 0 Å². The minimum absolute atomic E-state index is 0.00165. The number of carbonyl (C=O) groups is 4. The molecule has 3 aromatic rings. The summed E-state index contributed by atoms with van der Waals surface area (Å²) in [4.78, 5) is 58.7. The van der Waals surface area contributed by atoms with Gasteiger partial charge >= 0.3 is 5.97 Å². The number of nitrogens with two attached hydrogens (primary N) is 2. The maximum atomic E-state index is 13.5. The number of aromatic hydroxyl groups is 1. The zero-order valence-corrected chi connectivity index (χ0v) is 23.7. The first kappa shape index (κ1) is 32.8. The third-order valence-electron chi connectivity index (χ3n) is 6.82. The number of hydrogen-bond acceptors (Lipinski definition) is 8. The Bertz CT molecular complexity index is 1320. The molecule has 0 unspecified atom stereocenters. The number of benzene rings is 2. The summed E-state index contributed by atoms with van der Waals surface area (Å²) in [7, 11) is 0. The molecule has 0 spiro atoms. The van der Waals surface area contributed by atoms with Gasteiger partial charge in [0.2, 0.25) is 17.7 Å². The number of amides is 3. The number of nitrogens with zero attached hydrogens (tertiary/aromatic N) is 1. The van der Waals surface area contributed by atoms with Gasteiger partial charge in [-0.3, -0.25) is 14.4 Å². The topological polar surface area (TPSA) is 226 Å². The normalized spacial score (nSPS) is 13.7. The van der Waals surface area contributed by atoms with Gasteiger partial charge in [0.05, 0.1) is 12.4 Å². The van der Waals surface area contributed by atoms with Gasteiger partial charge in [0, 0.05) is 31.2 Å². The van der Waals surface area contributed by atoms with Crippen LogP contribution in [-0.4, -0.2) is 74.6 Å². The third-order valence-corrected chi connectivity index (χ3v) is 6.82. The molecule has 0 aliphatic heterocycles. The summed E-state index contributed by atoms with van der Waals surface area (Å²) in [5.41, 5.74) is 13.7. The molecule has 43 heavy (non-hydrogen) atoms. The van der Waals surface area contributed by atoms with Crippen molar-refractivity contribution >= 4 is 23.7 Å². The molecule has 1 aromatic heterocycles. The summed E-state index contributed by atoms with van der Waals surface area (Å²) in [5, 5.41) is 27.4. The summed E-state index contributed by atoms with van der Waals surface area (Å²) < 4.78 is 0. The van der Waals surface area contributed by atoms with Crippen molar-refractivity contribution in [1.29, 1.82) is 0 Å². The van der Waals surface area contributed by atoms with Crippen molar-refractivity contribution in [2.24, 2.45) is 11.5 Å². The quantitative estimate of drug-likeness (QED) is 0.0995. The third kappa shape index (κ3) is 10.9. The summed E-state index contributed by atoms with van der Waals surface area (Å²) in [6.45, 7) is 0.394. The number of carboxylic acids is 1. The molecule has 0 bridgehead atoms. The second kappa shape index (κ2) is 16.6. The Kier molecular flexibility index (Phi) is 12.7. The van der Waals surface area contributed by atoms with Crippen molar-refractivity contribution in [3.8, 4) is 5.75 Å². The van der Waals surface area contributed by atoms with Crippen molar-refractivity contribution in [2.75, 3.05) is 6.54 Å². The summed E-state index contributed by atoms with van der Waals surface area (Å²) in [5.74, 6) is -3.11. The van der Waals surface area contributed by atoms with Gasteiger partial charge < -0.3 is 42.6 Å². The van der Waals surface area contributed by atoms with Crippen molar-refractivity contribution < 1.29 is 29.4 Å². The molecule has 2 aromatic carbocycles. The van der Waals surface area contributed by atoms with Gasteiger partial charge in [0.25, 0.3) is 0 Å². The van der Waals surface area contributed by atoms with Crippen LogP contribution < -0.4 is 27.4 Å². The molecule has 0 aliphatic carbocycles. The van der Waals surface area contributed by atoms with E-state index in [2.05, 4.69) is 25.9 Å². The van der Waals surface area contributed by atoms with Gasteiger partial charge in [-0.05, 0) is 49.1 Å². The number of carboxylic acid groups (broad SMARTS) is 1. The molecule has 0 saturated heterocycles. The molecule has 10 N–H and O–H groups in total. The van der Waals surface area contributed by atoms with E-state index in [4.69, 9.17) is 11.5 Å². The fourth-order valence-corrected chi connectivity index (χ4v) is 4.44. The largest absolute Gasteiger partial charge is 0.508 e. The Morgan fingerprint density at radius 1 is 0.791 bits per heavy atom. The lowest BCUT2D eigenvalue weighted by Gasteiger charge is -2.25. The average Bonchev–Trinajstić information content (AvgIpc) is 3.50. The molecule has 0 fully saturated rings. The van der Waals surface area contributed by atoms with Crippen molar-refractivity contribution in [3.63, 3.8) is 0 Å². The first-order chi connectivity index (χ1) is 20.7. The highest BCUT2D eigenvalue weighted by atomic mass is 16.4. The zero-order valence-electron chi connectivity index (χ0n) is 23.7. The number of nitrogens with one attached hydrogen (secondary N) is 4. The highest BCUT2D eigenvalue weighted by Crippen LogP contribution is 2.13. The number of carbonyl (C=O) groups excluding carboxylic acids is 3. The maximum Gasteiger partial charge on any atom is 0.326 e. The number of phenols is 1. The highest BCUT2D eigenvalue weighted by Gasteiger charge is 2.30. The zero-order chi connectivity index (χ0) is 31.2. The number of phenolic OH excluding ortho intramolecular Hbond substituents is 1. The molecular weight excluding hydrogens is 554 g/mol. The van der Waals surface area contributed by atoms with E-state index in [1.165, 1.54) is 18.5 Å². The molecule has 1 heterocycles. The second-order valence-electron chi connectivity index (χ2n) is 10.3. The number of aromatic nitrogens is 2. The molecule has 3 amide bonds. The summed E-state index contributed by atoms with van der Waals surface area (Å²) in [6, 6.07) is 10.5. The fourth-order valence-electron chi connectivity index (χ4n) is 4.44. The summed E-state index contributed by atoms with van der Waals surface area (Å²) in [6.07, 6.45) is 4.60. The average molecular weight is 594 g/mol. The van der Waals surface area contributed by atoms with Crippen LogP contribution in [0.15, 0.2) is 67.1 Å². The first-order valence-electron chi connectivity index (χ1n) is 14.0. The number of hydrogen-bond donors (Lipinski definition) is 8. The first-order valence-corrected chi connectivity index (χ1v) is 14.0. The van der Waals surface area contributed by atoms with Crippen LogP contribution in [0.5, 0.6) is 5.75 Å². The molecule has 3 rings (SSSR count). The van der Waals surface area contributed by atoms with E-state index >= 15 is 0 Å². The number of imidazole rings is 1. The van der Waals surface area contributed by atoms with Crippen LogP contribution in [0.2, 0.25) is 0 Å². The Morgan fingerprint density at radius 3 is 2.02 bits per heavy atom. The van der Waals surface area contributed by atoms with Crippen LogP contribution >= 0.6 is 0 Å². The van der Waals surface area contributed by atoms with Crippen LogP contribution in [0.1, 0.15) is 36.1 Å². The molecular formula is C30H39N7O6. The molecule has 0 aliphatic rings. The number of aromatic amines is 1. The Labute approximate surface area is 249 Å². The molecule has 0 radical (unpaired) electrons. The standard InChI is InChI=1S/C30H39N7O6/c31-13-5-4-8-24(35-27(39)23(32)16-21-17-33-18-34-21)28(40)36-25(14-20-9-11-22(38)12-10-20)29(41)37-26(30(42)43)15-19-6-2-1-3-7-19/h1-3,6-7,9-12,17-18,23-26,38H,4-5,8,13-16,31-32H2,(H,33,34)(H,35,39)(H,36,40)(H,37,41)(H,42,43)/t23-,24+,25+,26-/m1/s1. The van der Waals surface area contributed by atoms with Crippen LogP contribution in [0, 0.1) is 0 Å². The van der Waals surface area contributed by atoms with Gasteiger partial charge in [-0.1, -0.05) is 42.5 Å². The van der Waals surface area contributed by atoms with Gasteiger partial charge in [0.15, 0.2) is 0 Å². The van der Waals surface area contributed by atoms with E-state index in [1.807, 2.05) is 0 Å². The van der Waals surface area contributed by atoms with E-state index in [1.54, 1.807) is 48.7 Å². The SMILES string of the molecule is NCCCC[C@H](NC(=O)[C@H](N)Cc1cnc[nH]1)C(=O)N[C@@H](Cc1ccc(O)cc1)C(=O)N[C@H](Cc1ccccc1)C(=O)O. The van der Waals surface area contributed by atoms with Crippen molar-refractivity contribution in [3.05, 3.63) is 83.9 Å². The molecule has 230 valence electrons. The van der Waals surface area contributed by atoms with E-state index in [0.29, 0.717) is 36.2 Å². The van der Waals surface area contributed by atoms with E-state index in [0.717, 1.165) is 0 Å². The van der Waals surface area contributed by atoms with E-state index in [9.17, 15) is 29.4 Å². The van der Waals surface area contributed by atoms with Crippen LogP contribution in [0.25, 0.3) is 0 Å².